The van der Waals surface area contributed by atoms with Gasteiger partial charge in [0, 0.05) is 17.0 Å². The lowest BCUT2D eigenvalue weighted by Crippen LogP contribution is -2.44. The summed E-state index contributed by atoms with van der Waals surface area (Å²) < 4.78 is 5.82. The van der Waals surface area contributed by atoms with Crippen LogP contribution in [0, 0.1) is 5.92 Å². The Morgan fingerprint density at radius 1 is 1.24 bits per heavy atom. The Morgan fingerprint density at radius 3 is 2.76 bits per heavy atom. The average Bonchev–Trinajstić information content (AvgIpc) is 2.90. The Hall–Kier alpha value is -1.02. The maximum atomic E-state index is 6.73. The molecule has 1 aromatic carbocycles. The molecule has 1 aromatic rings. The highest BCUT2D eigenvalue weighted by molar-refractivity contribution is 5.39. The van der Waals surface area contributed by atoms with Crippen molar-refractivity contribution in [1.82, 2.24) is 0 Å². The monoisotopic (exact) mass is 287 g/mol. The summed E-state index contributed by atoms with van der Waals surface area (Å²) >= 11 is 0. The summed E-state index contributed by atoms with van der Waals surface area (Å²) in [7, 11) is 0. The van der Waals surface area contributed by atoms with Crippen LogP contribution in [-0.4, -0.2) is 12.1 Å². The minimum atomic E-state index is 0.0359. The van der Waals surface area contributed by atoms with Gasteiger partial charge in [0.2, 0.25) is 0 Å². The Labute approximate surface area is 129 Å². The van der Waals surface area contributed by atoms with Crippen LogP contribution in [0.2, 0.25) is 0 Å². The van der Waals surface area contributed by atoms with Crippen LogP contribution in [0.15, 0.2) is 24.3 Å². The topological polar surface area (TPSA) is 35.2 Å². The fraction of sp³-hybridized carbons (Fsp3) is 0.684. The van der Waals surface area contributed by atoms with E-state index in [4.69, 9.17) is 10.5 Å². The van der Waals surface area contributed by atoms with Crippen LogP contribution in [0.5, 0.6) is 5.75 Å². The summed E-state index contributed by atoms with van der Waals surface area (Å²) in [6.45, 7) is 3.10. The van der Waals surface area contributed by atoms with E-state index in [0.717, 1.165) is 24.7 Å². The summed E-state index contributed by atoms with van der Waals surface area (Å²) in [5.74, 6) is 2.50. The van der Waals surface area contributed by atoms with Gasteiger partial charge in [-0.15, -0.1) is 0 Å². The SMILES string of the molecule is CCCCC1CCC(N)(CC2COc3ccccc32)CC1. The van der Waals surface area contributed by atoms with E-state index in [0.29, 0.717) is 5.92 Å². The van der Waals surface area contributed by atoms with Crippen LogP contribution in [0.4, 0.5) is 0 Å². The number of fused-ring (bicyclic) bond motifs is 1. The highest BCUT2D eigenvalue weighted by Crippen LogP contribution is 2.42. The molecular weight excluding hydrogens is 258 g/mol. The first kappa shape index (κ1) is 14.9. The molecule has 0 spiro atoms. The van der Waals surface area contributed by atoms with Crippen molar-refractivity contribution in [1.29, 1.82) is 0 Å². The molecule has 0 amide bonds. The van der Waals surface area contributed by atoms with Crippen LogP contribution in [0.3, 0.4) is 0 Å². The molecule has 1 aliphatic carbocycles. The van der Waals surface area contributed by atoms with E-state index in [1.807, 2.05) is 0 Å². The van der Waals surface area contributed by atoms with Crippen LogP contribution in [-0.2, 0) is 0 Å². The zero-order valence-electron chi connectivity index (χ0n) is 13.3. The van der Waals surface area contributed by atoms with Crippen molar-refractivity contribution in [2.24, 2.45) is 11.7 Å². The van der Waals surface area contributed by atoms with Gasteiger partial charge >= 0.3 is 0 Å². The zero-order valence-corrected chi connectivity index (χ0v) is 13.3. The van der Waals surface area contributed by atoms with Crippen LogP contribution >= 0.6 is 0 Å². The Kier molecular flexibility index (Phi) is 4.54. The summed E-state index contributed by atoms with van der Waals surface area (Å²) in [6, 6.07) is 8.47. The van der Waals surface area contributed by atoms with Crippen LogP contribution in [0.25, 0.3) is 0 Å². The smallest absolute Gasteiger partial charge is 0.122 e. The van der Waals surface area contributed by atoms with Gasteiger partial charge in [-0.3, -0.25) is 0 Å². The van der Waals surface area contributed by atoms with Gasteiger partial charge in [0.1, 0.15) is 5.75 Å². The molecule has 2 aliphatic rings. The third kappa shape index (κ3) is 3.42. The molecule has 3 rings (SSSR count). The van der Waals surface area contributed by atoms with Gasteiger partial charge in [-0.25, -0.2) is 0 Å². The van der Waals surface area contributed by atoms with Gasteiger partial charge in [-0.1, -0.05) is 44.4 Å². The molecule has 0 saturated heterocycles. The molecule has 21 heavy (non-hydrogen) atoms. The molecule has 1 heterocycles. The predicted octanol–water partition coefficient (Wildman–Crippen LogP) is 4.63. The maximum absolute atomic E-state index is 6.73. The molecule has 0 aromatic heterocycles. The molecule has 2 heteroatoms. The molecule has 2 N–H and O–H groups in total. The quantitative estimate of drug-likeness (QED) is 0.857. The van der Waals surface area contributed by atoms with Crippen molar-refractivity contribution in [2.75, 3.05) is 6.61 Å². The second-order valence-corrected chi connectivity index (χ2v) is 7.20. The van der Waals surface area contributed by atoms with Gasteiger partial charge in [0.05, 0.1) is 6.61 Å². The van der Waals surface area contributed by atoms with Crippen LogP contribution in [0.1, 0.15) is 69.8 Å². The maximum Gasteiger partial charge on any atom is 0.122 e. The summed E-state index contributed by atoms with van der Waals surface area (Å²) in [6.07, 6.45) is 10.2. The average molecular weight is 287 g/mol. The number of unbranched alkanes of at least 4 members (excludes halogenated alkanes) is 1. The standard InChI is InChI=1S/C19H29NO/c1-2-3-6-15-9-11-19(20,12-10-15)13-16-14-21-18-8-5-4-7-17(16)18/h4-5,7-8,15-16H,2-3,6,9-14,20H2,1H3. The van der Waals surface area contributed by atoms with E-state index in [-0.39, 0.29) is 5.54 Å². The number of para-hydroxylation sites is 1. The number of nitrogens with two attached hydrogens (primary N) is 1. The number of rotatable bonds is 5. The second kappa shape index (κ2) is 6.39. The first-order valence-electron chi connectivity index (χ1n) is 8.71. The molecule has 1 fully saturated rings. The van der Waals surface area contributed by atoms with E-state index < -0.39 is 0 Å². The molecule has 1 saturated carbocycles. The Balaban J connectivity index is 1.56. The van der Waals surface area contributed by atoms with Crippen molar-refractivity contribution < 1.29 is 4.74 Å². The molecule has 0 bridgehead atoms. The third-order valence-electron chi connectivity index (χ3n) is 5.52. The molecule has 1 unspecified atom stereocenters. The number of benzene rings is 1. The van der Waals surface area contributed by atoms with Gasteiger partial charge < -0.3 is 10.5 Å². The minimum Gasteiger partial charge on any atom is -0.493 e. The van der Waals surface area contributed by atoms with Crippen molar-refractivity contribution in [2.45, 2.75) is 69.7 Å². The fourth-order valence-corrected chi connectivity index (χ4v) is 4.13. The van der Waals surface area contributed by atoms with E-state index in [2.05, 4.69) is 31.2 Å². The molecule has 116 valence electrons. The predicted molar refractivity (Wildman–Crippen MR) is 87.7 cm³/mol. The van der Waals surface area contributed by atoms with Gasteiger partial charge in [0.15, 0.2) is 0 Å². The van der Waals surface area contributed by atoms with Gasteiger partial charge in [-0.05, 0) is 44.1 Å². The fourth-order valence-electron chi connectivity index (χ4n) is 4.13. The van der Waals surface area contributed by atoms with Gasteiger partial charge in [-0.2, -0.15) is 0 Å². The van der Waals surface area contributed by atoms with Crippen molar-refractivity contribution in [3.8, 4) is 5.75 Å². The first-order chi connectivity index (χ1) is 10.2. The molecule has 2 nitrogen and oxygen atoms in total. The normalized spacial score (nSPS) is 31.7. The Morgan fingerprint density at radius 2 is 2.00 bits per heavy atom. The minimum absolute atomic E-state index is 0.0359. The highest BCUT2D eigenvalue weighted by atomic mass is 16.5. The largest absolute Gasteiger partial charge is 0.493 e. The first-order valence-corrected chi connectivity index (χ1v) is 8.71. The van der Waals surface area contributed by atoms with Crippen molar-refractivity contribution in [3.05, 3.63) is 29.8 Å². The Bertz CT molecular complexity index is 462. The molecule has 1 atom stereocenters. The van der Waals surface area contributed by atoms with E-state index in [1.165, 1.54) is 50.5 Å². The van der Waals surface area contributed by atoms with Crippen LogP contribution < -0.4 is 10.5 Å². The van der Waals surface area contributed by atoms with Crippen molar-refractivity contribution in [3.63, 3.8) is 0 Å². The van der Waals surface area contributed by atoms with E-state index in [1.54, 1.807) is 0 Å². The lowest BCUT2D eigenvalue weighted by atomic mass is 9.71. The highest BCUT2D eigenvalue weighted by Gasteiger charge is 2.36. The summed E-state index contributed by atoms with van der Waals surface area (Å²) in [4.78, 5) is 0. The van der Waals surface area contributed by atoms with E-state index in [9.17, 15) is 0 Å². The zero-order chi connectivity index (χ0) is 14.7. The second-order valence-electron chi connectivity index (χ2n) is 7.20. The number of ether oxygens (including phenoxy) is 1. The lowest BCUT2D eigenvalue weighted by molar-refractivity contribution is 0.193. The van der Waals surface area contributed by atoms with Crippen molar-refractivity contribution >= 4 is 0 Å². The number of hydrogen-bond acceptors (Lipinski definition) is 2. The number of hydrogen-bond donors (Lipinski definition) is 1. The van der Waals surface area contributed by atoms with E-state index >= 15 is 0 Å². The molecule has 1 aliphatic heterocycles. The van der Waals surface area contributed by atoms with Gasteiger partial charge in [0.25, 0.3) is 0 Å². The summed E-state index contributed by atoms with van der Waals surface area (Å²) in [5.41, 5.74) is 8.14. The molecule has 0 radical (unpaired) electrons. The third-order valence-corrected chi connectivity index (χ3v) is 5.52. The molecular formula is C19H29NO. The lowest BCUT2D eigenvalue weighted by Gasteiger charge is -2.38. The summed E-state index contributed by atoms with van der Waals surface area (Å²) in [5, 5.41) is 0.